The molecule has 4 aromatic carbocycles. The smallest absolute Gasteiger partial charge is 0.327 e. The fourth-order valence-corrected chi connectivity index (χ4v) is 4.98. The first-order valence-electron chi connectivity index (χ1n) is 8.97. The van der Waals surface area contributed by atoms with Crippen molar-refractivity contribution in [2.45, 2.75) is 18.9 Å². The van der Waals surface area contributed by atoms with Gasteiger partial charge in [-0.05, 0) is 50.7 Å². The van der Waals surface area contributed by atoms with Crippen molar-refractivity contribution in [3.8, 4) is 11.1 Å². The summed E-state index contributed by atoms with van der Waals surface area (Å²) in [5, 5.41) is 4.73. The number of hydrogen-bond donors (Lipinski definition) is 2. The molecule has 0 radical (unpaired) electrons. The minimum Gasteiger partial charge on any atom is -0.328 e. The monoisotopic (exact) mass is 374 g/mol. The topological polar surface area (TPSA) is 49.7 Å². The lowest BCUT2D eigenvalue weighted by Gasteiger charge is -2.38. The molecule has 0 saturated carbocycles. The summed E-state index contributed by atoms with van der Waals surface area (Å²) < 4.78 is 5.70. The minimum absolute atomic E-state index is 0.596. The van der Waals surface area contributed by atoms with E-state index in [0.717, 1.165) is 27.5 Å². The van der Waals surface area contributed by atoms with E-state index in [2.05, 4.69) is 60.7 Å². The van der Waals surface area contributed by atoms with Crippen LogP contribution in [0.4, 0.5) is 0 Å². The van der Waals surface area contributed by atoms with E-state index in [1.165, 1.54) is 16.3 Å². The molecule has 3 nitrogen and oxygen atoms in total. The lowest BCUT2D eigenvalue weighted by atomic mass is 9.73. The van der Waals surface area contributed by atoms with Gasteiger partial charge in [0.25, 0.3) is 0 Å². The summed E-state index contributed by atoms with van der Waals surface area (Å²) >= 11 is 0. The summed E-state index contributed by atoms with van der Waals surface area (Å²) in [6.07, 6.45) is 0.596. The van der Waals surface area contributed by atoms with Crippen LogP contribution in [0.15, 0.2) is 72.8 Å². The second-order valence-electron chi connectivity index (χ2n) is 7.28. The zero-order valence-electron chi connectivity index (χ0n) is 14.9. The van der Waals surface area contributed by atoms with Crippen LogP contribution in [0.25, 0.3) is 32.7 Å². The summed E-state index contributed by atoms with van der Waals surface area (Å²) in [6, 6.07) is 25.2. The zero-order valence-corrected chi connectivity index (χ0v) is 15.8. The molecule has 4 aromatic rings. The molecule has 0 unspecified atom stereocenters. The van der Waals surface area contributed by atoms with Crippen LogP contribution in [0.3, 0.4) is 0 Å². The molecule has 0 heterocycles. The second-order valence-corrected chi connectivity index (χ2v) is 7.97. The van der Waals surface area contributed by atoms with E-state index < -0.39 is 14.2 Å². The molecule has 0 saturated heterocycles. The van der Waals surface area contributed by atoms with Crippen LogP contribution in [-0.4, -0.2) is 9.79 Å². The van der Waals surface area contributed by atoms with Gasteiger partial charge in [-0.1, -0.05) is 72.8 Å². The van der Waals surface area contributed by atoms with Crippen LogP contribution >= 0.6 is 8.60 Å². The number of fused-ring (bicyclic) bond motifs is 7. The molecular formula is C23H19O3P. The van der Waals surface area contributed by atoms with Gasteiger partial charge in [0.15, 0.2) is 0 Å². The average Bonchev–Trinajstić information content (AvgIpc) is 2.66. The summed E-state index contributed by atoms with van der Waals surface area (Å²) in [6.45, 7) is 1.94. The van der Waals surface area contributed by atoms with Crippen molar-refractivity contribution in [1.82, 2.24) is 0 Å². The predicted octanol–water partition coefficient (Wildman–Crippen LogP) is 5.66. The summed E-state index contributed by atoms with van der Waals surface area (Å²) in [5.41, 5.74) is 3.73. The first-order valence-corrected chi connectivity index (χ1v) is 10.1. The SMILES string of the molecule is C[C@@]1(OP(O)O)Cc2ccc3ccccc3c2-c2c1ccc1ccccc21. The van der Waals surface area contributed by atoms with E-state index in [1.807, 2.05) is 19.1 Å². The first-order chi connectivity index (χ1) is 13.1. The molecule has 0 aromatic heterocycles. The van der Waals surface area contributed by atoms with Gasteiger partial charge in [0, 0.05) is 6.42 Å². The maximum atomic E-state index is 9.63. The largest absolute Gasteiger partial charge is 0.328 e. The molecule has 5 rings (SSSR count). The quantitative estimate of drug-likeness (QED) is 0.445. The van der Waals surface area contributed by atoms with E-state index in [9.17, 15) is 9.79 Å². The van der Waals surface area contributed by atoms with Crippen molar-refractivity contribution in [3.63, 3.8) is 0 Å². The molecule has 134 valence electrons. The molecule has 2 N–H and O–H groups in total. The van der Waals surface area contributed by atoms with Crippen molar-refractivity contribution in [3.05, 3.63) is 83.9 Å². The van der Waals surface area contributed by atoms with Crippen LogP contribution in [0, 0.1) is 0 Å². The molecule has 1 atom stereocenters. The Morgan fingerprint density at radius 1 is 0.778 bits per heavy atom. The van der Waals surface area contributed by atoms with Gasteiger partial charge in [0.1, 0.15) is 5.60 Å². The van der Waals surface area contributed by atoms with Crippen molar-refractivity contribution in [2.24, 2.45) is 0 Å². The summed E-state index contributed by atoms with van der Waals surface area (Å²) in [7, 11) is -2.46. The Balaban J connectivity index is 1.93. The Morgan fingerprint density at radius 3 is 2.04 bits per heavy atom. The van der Waals surface area contributed by atoms with E-state index in [1.54, 1.807) is 0 Å². The molecular weight excluding hydrogens is 355 g/mol. The molecule has 4 heteroatoms. The number of hydrogen-bond acceptors (Lipinski definition) is 3. The molecule has 1 aliphatic carbocycles. The third kappa shape index (κ3) is 2.59. The Hall–Kier alpha value is -2.29. The summed E-state index contributed by atoms with van der Waals surface area (Å²) in [5.74, 6) is 0. The highest BCUT2D eigenvalue weighted by atomic mass is 31.2. The standard InChI is InChI=1S/C23H19O3P/c1-23(26-27(24)25)14-17-11-10-15-6-2-4-8-18(15)21(17)22-19-9-5-3-7-16(19)12-13-20(22)23/h2-13,24-25H,14H2,1H3/t23-/m1/s1. The highest BCUT2D eigenvalue weighted by molar-refractivity contribution is 7.39. The number of rotatable bonds is 2. The Bertz CT molecular complexity index is 1180. The van der Waals surface area contributed by atoms with Crippen LogP contribution in [-0.2, 0) is 16.5 Å². The van der Waals surface area contributed by atoms with Crippen molar-refractivity contribution in [2.75, 3.05) is 0 Å². The van der Waals surface area contributed by atoms with Gasteiger partial charge in [-0.2, -0.15) is 0 Å². The van der Waals surface area contributed by atoms with Gasteiger partial charge in [0.2, 0.25) is 0 Å². The van der Waals surface area contributed by atoms with E-state index in [0.29, 0.717) is 6.42 Å². The van der Waals surface area contributed by atoms with Gasteiger partial charge >= 0.3 is 8.60 Å². The molecule has 0 bridgehead atoms. The lowest BCUT2D eigenvalue weighted by Crippen LogP contribution is -2.31. The fourth-order valence-electron chi connectivity index (χ4n) is 4.46. The van der Waals surface area contributed by atoms with Gasteiger partial charge in [-0.15, -0.1) is 0 Å². The highest BCUT2D eigenvalue weighted by Gasteiger charge is 2.39. The van der Waals surface area contributed by atoms with E-state index in [-0.39, 0.29) is 0 Å². The van der Waals surface area contributed by atoms with E-state index in [4.69, 9.17) is 4.52 Å². The Morgan fingerprint density at radius 2 is 1.37 bits per heavy atom. The predicted molar refractivity (Wildman–Crippen MR) is 110 cm³/mol. The van der Waals surface area contributed by atoms with E-state index >= 15 is 0 Å². The molecule has 0 spiro atoms. The van der Waals surface area contributed by atoms with Crippen molar-refractivity contribution in [1.29, 1.82) is 0 Å². The van der Waals surface area contributed by atoms with Gasteiger partial charge < -0.3 is 14.3 Å². The van der Waals surface area contributed by atoms with Crippen molar-refractivity contribution >= 4 is 30.1 Å². The maximum Gasteiger partial charge on any atom is 0.327 e. The average molecular weight is 374 g/mol. The molecule has 0 amide bonds. The zero-order chi connectivity index (χ0) is 18.6. The van der Waals surface area contributed by atoms with Gasteiger partial charge in [-0.3, -0.25) is 0 Å². The molecule has 0 aliphatic heterocycles. The normalized spacial score (nSPS) is 18.7. The third-order valence-electron chi connectivity index (χ3n) is 5.58. The minimum atomic E-state index is -2.46. The van der Waals surface area contributed by atoms with Crippen LogP contribution < -0.4 is 0 Å². The van der Waals surface area contributed by atoms with Gasteiger partial charge in [0.05, 0.1) is 0 Å². The Labute approximate surface area is 158 Å². The summed E-state index contributed by atoms with van der Waals surface area (Å²) in [4.78, 5) is 19.3. The Kier molecular flexibility index (Phi) is 3.82. The molecule has 1 aliphatic rings. The molecule has 27 heavy (non-hydrogen) atoms. The highest BCUT2D eigenvalue weighted by Crippen LogP contribution is 2.52. The third-order valence-corrected chi connectivity index (χ3v) is 6.14. The lowest BCUT2D eigenvalue weighted by molar-refractivity contribution is 0.0695. The van der Waals surface area contributed by atoms with Crippen LogP contribution in [0.1, 0.15) is 18.1 Å². The first kappa shape index (κ1) is 16.9. The second kappa shape index (κ2) is 6.12. The molecule has 0 fully saturated rings. The van der Waals surface area contributed by atoms with Crippen molar-refractivity contribution < 1.29 is 14.3 Å². The van der Waals surface area contributed by atoms with Gasteiger partial charge in [-0.25, -0.2) is 0 Å². The maximum absolute atomic E-state index is 9.63. The fraction of sp³-hybridized carbons (Fsp3) is 0.130. The van der Waals surface area contributed by atoms with Crippen LogP contribution in [0.5, 0.6) is 0 Å². The van der Waals surface area contributed by atoms with Crippen LogP contribution in [0.2, 0.25) is 0 Å². The number of benzene rings is 4.